The molecule has 2 aliphatic heterocycles. The van der Waals surface area contributed by atoms with Crippen LogP contribution in [-0.4, -0.2) is 50.9 Å². The largest absolute Gasteiger partial charge is 0.348 e. The van der Waals surface area contributed by atoms with Crippen LogP contribution in [0.2, 0.25) is 0 Å². The Hall–Kier alpha value is -1.15. The Labute approximate surface area is 162 Å². The summed E-state index contributed by atoms with van der Waals surface area (Å²) in [5.74, 6) is 0.478. The molecular formula is C18H28ClN3O3S. The predicted octanol–water partition coefficient (Wildman–Crippen LogP) is 1.87. The number of sulfonamides is 1. The zero-order valence-electron chi connectivity index (χ0n) is 15.3. The number of amides is 1. The van der Waals surface area contributed by atoms with Gasteiger partial charge >= 0.3 is 0 Å². The molecule has 1 aromatic rings. The van der Waals surface area contributed by atoms with Gasteiger partial charge in [-0.2, -0.15) is 4.31 Å². The van der Waals surface area contributed by atoms with Gasteiger partial charge in [-0.1, -0.05) is 19.9 Å². The standard InChI is InChI=1S/C18H27N3O3S.ClH/c1-13-8-14(2)12-21(11-13)25(23,24)17-5-3-4-15(9-17)18(22)20-16-6-7-19-10-16;/h3-5,9,13-14,16,19H,6-8,10-12H2,1-2H3,(H,20,22);1H. The molecule has 0 aliphatic carbocycles. The summed E-state index contributed by atoms with van der Waals surface area (Å²) < 4.78 is 27.5. The Kier molecular flexibility index (Phi) is 7.07. The molecule has 3 unspecified atom stereocenters. The smallest absolute Gasteiger partial charge is 0.251 e. The van der Waals surface area contributed by atoms with Crippen LogP contribution >= 0.6 is 12.4 Å². The molecule has 3 atom stereocenters. The van der Waals surface area contributed by atoms with E-state index in [-0.39, 0.29) is 29.3 Å². The molecule has 1 aromatic carbocycles. The van der Waals surface area contributed by atoms with E-state index in [1.165, 1.54) is 6.07 Å². The quantitative estimate of drug-likeness (QED) is 0.807. The highest BCUT2D eigenvalue weighted by atomic mass is 35.5. The van der Waals surface area contributed by atoms with Crippen molar-refractivity contribution in [1.82, 2.24) is 14.9 Å². The summed E-state index contributed by atoms with van der Waals surface area (Å²) in [5, 5.41) is 6.16. The minimum atomic E-state index is -3.57. The first-order valence-corrected chi connectivity index (χ1v) is 10.4. The first-order valence-electron chi connectivity index (χ1n) is 8.98. The van der Waals surface area contributed by atoms with Crippen molar-refractivity contribution in [2.75, 3.05) is 26.2 Å². The molecule has 0 aromatic heterocycles. The van der Waals surface area contributed by atoms with E-state index in [1.807, 2.05) is 0 Å². The van der Waals surface area contributed by atoms with Gasteiger partial charge in [0.05, 0.1) is 4.90 Å². The van der Waals surface area contributed by atoms with Gasteiger partial charge in [0.15, 0.2) is 0 Å². The minimum Gasteiger partial charge on any atom is -0.348 e. The van der Waals surface area contributed by atoms with Gasteiger partial charge in [0.2, 0.25) is 10.0 Å². The van der Waals surface area contributed by atoms with E-state index >= 15 is 0 Å². The van der Waals surface area contributed by atoms with E-state index in [0.717, 1.165) is 25.9 Å². The van der Waals surface area contributed by atoms with E-state index in [2.05, 4.69) is 24.5 Å². The van der Waals surface area contributed by atoms with E-state index in [1.54, 1.807) is 22.5 Å². The highest BCUT2D eigenvalue weighted by molar-refractivity contribution is 7.89. The van der Waals surface area contributed by atoms with Crippen molar-refractivity contribution in [3.63, 3.8) is 0 Å². The Morgan fingerprint density at radius 3 is 2.54 bits per heavy atom. The third-order valence-corrected chi connectivity index (χ3v) is 6.79. The summed E-state index contributed by atoms with van der Waals surface area (Å²) in [6.07, 6.45) is 1.94. The average molecular weight is 402 g/mol. The molecule has 3 rings (SSSR count). The highest BCUT2D eigenvalue weighted by Crippen LogP contribution is 2.27. The van der Waals surface area contributed by atoms with E-state index in [4.69, 9.17) is 0 Å². The van der Waals surface area contributed by atoms with Crippen LogP contribution in [0.3, 0.4) is 0 Å². The van der Waals surface area contributed by atoms with E-state index in [9.17, 15) is 13.2 Å². The second kappa shape index (κ2) is 8.69. The molecule has 0 bridgehead atoms. The predicted molar refractivity (Wildman–Crippen MR) is 104 cm³/mol. The fourth-order valence-corrected chi connectivity index (χ4v) is 5.52. The Morgan fingerprint density at radius 2 is 1.92 bits per heavy atom. The summed E-state index contributed by atoms with van der Waals surface area (Å²) in [5.41, 5.74) is 0.395. The van der Waals surface area contributed by atoms with Crippen molar-refractivity contribution >= 4 is 28.3 Å². The molecule has 6 nitrogen and oxygen atoms in total. The summed E-state index contributed by atoms with van der Waals surface area (Å²) in [7, 11) is -3.57. The van der Waals surface area contributed by atoms with Gasteiger partial charge in [-0.15, -0.1) is 12.4 Å². The number of rotatable bonds is 4. The first-order chi connectivity index (χ1) is 11.9. The van der Waals surface area contributed by atoms with Crippen molar-refractivity contribution in [2.45, 2.75) is 37.6 Å². The zero-order chi connectivity index (χ0) is 18.0. The lowest BCUT2D eigenvalue weighted by Crippen LogP contribution is -2.42. The summed E-state index contributed by atoms with van der Waals surface area (Å²) >= 11 is 0. The molecule has 2 heterocycles. The third-order valence-electron chi connectivity index (χ3n) is 4.96. The maximum absolute atomic E-state index is 13.0. The topological polar surface area (TPSA) is 78.5 Å². The highest BCUT2D eigenvalue weighted by Gasteiger charge is 2.32. The lowest BCUT2D eigenvalue weighted by Gasteiger charge is -2.34. The molecule has 146 valence electrons. The van der Waals surface area contributed by atoms with Crippen molar-refractivity contribution in [2.24, 2.45) is 11.8 Å². The van der Waals surface area contributed by atoms with Crippen LogP contribution in [0.15, 0.2) is 29.2 Å². The number of piperidine rings is 1. The number of carbonyl (C=O) groups is 1. The number of benzene rings is 1. The maximum atomic E-state index is 13.0. The number of hydrogen-bond donors (Lipinski definition) is 2. The van der Waals surface area contributed by atoms with Crippen LogP contribution in [0, 0.1) is 11.8 Å². The number of carbonyl (C=O) groups excluding carboxylic acids is 1. The second-order valence-electron chi connectivity index (χ2n) is 7.46. The van der Waals surface area contributed by atoms with Crippen molar-refractivity contribution < 1.29 is 13.2 Å². The molecule has 2 fully saturated rings. The number of nitrogens with zero attached hydrogens (tertiary/aromatic N) is 1. The molecule has 2 saturated heterocycles. The molecule has 0 spiro atoms. The third kappa shape index (κ3) is 4.76. The fourth-order valence-electron chi connectivity index (χ4n) is 3.80. The molecular weight excluding hydrogens is 374 g/mol. The Balaban J connectivity index is 0.00000243. The molecule has 26 heavy (non-hydrogen) atoms. The van der Waals surface area contributed by atoms with Crippen molar-refractivity contribution in [1.29, 1.82) is 0 Å². The number of nitrogens with one attached hydrogen (secondary N) is 2. The van der Waals surface area contributed by atoms with Gasteiger partial charge in [0.25, 0.3) is 5.91 Å². The van der Waals surface area contributed by atoms with Crippen LogP contribution in [-0.2, 0) is 10.0 Å². The summed E-state index contributed by atoms with van der Waals surface area (Å²) in [6, 6.07) is 6.49. The minimum absolute atomic E-state index is 0. The molecule has 2 N–H and O–H groups in total. The van der Waals surface area contributed by atoms with Gasteiger partial charge < -0.3 is 10.6 Å². The molecule has 8 heteroatoms. The van der Waals surface area contributed by atoms with E-state index in [0.29, 0.717) is 30.5 Å². The first kappa shape index (κ1) is 21.2. The van der Waals surface area contributed by atoms with Gasteiger partial charge in [-0.25, -0.2) is 8.42 Å². The van der Waals surface area contributed by atoms with Gasteiger partial charge in [0.1, 0.15) is 0 Å². The van der Waals surface area contributed by atoms with Crippen LogP contribution in [0.5, 0.6) is 0 Å². The summed E-state index contributed by atoms with van der Waals surface area (Å²) in [4.78, 5) is 12.6. The lowest BCUT2D eigenvalue weighted by atomic mass is 9.94. The fraction of sp³-hybridized carbons (Fsp3) is 0.611. The summed E-state index contributed by atoms with van der Waals surface area (Å²) in [6.45, 7) is 6.89. The lowest BCUT2D eigenvalue weighted by molar-refractivity contribution is 0.0940. The molecule has 1 amide bonds. The van der Waals surface area contributed by atoms with Crippen LogP contribution in [0.25, 0.3) is 0 Å². The van der Waals surface area contributed by atoms with Gasteiger partial charge in [0, 0.05) is 31.2 Å². The molecule has 2 aliphatic rings. The van der Waals surface area contributed by atoms with Gasteiger partial charge in [-0.3, -0.25) is 4.79 Å². The monoisotopic (exact) mass is 401 g/mol. The molecule has 0 radical (unpaired) electrons. The van der Waals surface area contributed by atoms with Crippen LogP contribution in [0.4, 0.5) is 0 Å². The van der Waals surface area contributed by atoms with Gasteiger partial charge in [-0.05, 0) is 49.4 Å². The maximum Gasteiger partial charge on any atom is 0.251 e. The normalized spacial score (nSPS) is 26.9. The number of halogens is 1. The van der Waals surface area contributed by atoms with Crippen LogP contribution < -0.4 is 10.6 Å². The SMILES string of the molecule is CC1CC(C)CN(S(=O)(=O)c2cccc(C(=O)NC3CCNC3)c2)C1.Cl. The van der Waals surface area contributed by atoms with E-state index < -0.39 is 10.0 Å². The average Bonchev–Trinajstić information content (AvgIpc) is 3.07. The Bertz CT molecular complexity index is 725. The van der Waals surface area contributed by atoms with Crippen LogP contribution in [0.1, 0.15) is 37.0 Å². The Morgan fingerprint density at radius 1 is 1.23 bits per heavy atom. The zero-order valence-corrected chi connectivity index (χ0v) is 16.9. The molecule has 0 saturated carbocycles. The van der Waals surface area contributed by atoms with Crippen molar-refractivity contribution in [3.05, 3.63) is 29.8 Å². The second-order valence-corrected chi connectivity index (χ2v) is 9.40. The van der Waals surface area contributed by atoms with Crippen molar-refractivity contribution in [3.8, 4) is 0 Å². The number of hydrogen-bond acceptors (Lipinski definition) is 4.